The van der Waals surface area contributed by atoms with Gasteiger partial charge in [0.25, 0.3) is 0 Å². The first-order valence-corrected chi connectivity index (χ1v) is 5.60. The predicted molar refractivity (Wildman–Crippen MR) is 59.8 cm³/mol. The van der Waals surface area contributed by atoms with Crippen LogP contribution in [0.25, 0.3) is 0 Å². The summed E-state index contributed by atoms with van der Waals surface area (Å²) in [4.78, 5) is 2.33. The van der Waals surface area contributed by atoms with Gasteiger partial charge in [-0.05, 0) is 25.9 Å². The van der Waals surface area contributed by atoms with E-state index in [-0.39, 0.29) is 0 Å². The molecule has 1 saturated heterocycles. The summed E-state index contributed by atoms with van der Waals surface area (Å²) in [5.74, 6) is 0.295. The Labute approximate surface area is 87.9 Å². The first-order chi connectivity index (χ1) is 6.78. The Morgan fingerprint density at radius 2 is 1.86 bits per heavy atom. The summed E-state index contributed by atoms with van der Waals surface area (Å²) in [5, 5.41) is 8.61. The Bertz CT molecular complexity index is 154. The van der Waals surface area contributed by atoms with Crippen LogP contribution in [0.2, 0.25) is 0 Å². The minimum atomic E-state index is 0.295. The van der Waals surface area contributed by atoms with Gasteiger partial charge in [-0.3, -0.25) is 0 Å². The van der Waals surface area contributed by atoms with E-state index in [1.807, 2.05) is 0 Å². The third-order valence-electron chi connectivity index (χ3n) is 2.22. The summed E-state index contributed by atoms with van der Waals surface area (Å²) in [6.45, 7) is 8.07. The standard InChI is InChI=1S/C8H15N3.C3H8/c9-3-6-11-4-1-8(7-10)2-5-11;1-3-2/h8H,1-6,9H2;3H2,1-2H3. The fourth-order valence-electron chi connectivity index (χ4n) is 1.47. The summed E-state index contributed by atoms with van der Waals surface area (Å²) in [5.41, 5.74) is 5.42. The van der Waals surface area contributed by atoms with Gasteiger partial charge in [-0.15, -0.1) is 0 Å². The molecule has 0 aliphatic carbocycles. The zero-order chi connectivity index (χ0) is 10.8. The highest BCUT2D eigenvalue weighted by atomic mass is 15.1. The van der Waals surface area contributed by atoms with Crippen molar-refractivity contribution in [2.45, 2.75) is 33.1 Å². The Kier molecular flexibility index (Phi) is 8.61. The maximum absolute atomic E-state index is 8.61. The Hall–Kier alpha value is -0.590. The van der Waals surface area contributed by atoms with Crippen LogP contribution in [0.4, 0.5) is 0 Å². The maximum atomic E-state index is 8.61. The highest BCUT2D eigenvalue weighted by molar-refractivity contribution is 4.87. The largest absolute Gasteiger partial charge is 0.329 e. The molecule has 0 amide bonds. The van der Waals surface area contributed by atoms with E-state index in [0.29, 0.717) is 5.92 Å². The lowest BCUT2D eigenvalue weighted by Crippen LogP contribution is -2.36. The van der Waals surface area contributed by atoms with Gasteiger partial charge in [0.15, 0.2) is 0 Å². The topological polar surface area (TPSA) is 53.0 Å². The van der Waals surface area contributed by atoms with Gasteiger partial charge in [-0.25, -0.2) is 0 Å². The van der Waals surface area contributed by atoms with Gasteiger partial charge < -0.3 is 10.6 Å². The molecule has 1 heterocycles. The molecule has 0 aromatic heterocycles. The van der Waals surface area contributed by atoms with Crippen molar-refractivity contribution < 1.29 is 0 Å². The molecule has 3 heteroatoms. The minimum absolute atomic E-state index is 0.295. The van der Waals surface area contributed by atoms with Crippen LogP contribution in [-0.2, 0) is 0 Å². The van der Waals surface area contributed by atoms with Crippen LogP contribution < -0.4 is 5.73 Å². The lowest BCUT2D eigenvalue weighted by molar-refractivity contribution is 0.211. The first-order valence-electron chi connectivity index (χ1n) is 5.60. The average Bonchev–Trinajstić information content (AvgIpc) is 2.21. The van der Waals surface area contributed by atoms with Crippen LogP contribution in [0.5, 0.6) is 0 Å². The number of likely N-dealkylation sites (tertiary alicyclic amines) is 1. The van der Waals surface area contributed by atoms with Crippen molar-refractivity contribution in [2.24, 2.45) is 11.7 Å². The van der Waals surface area contributed by atoms with Gasteiger partial charge in [-0.2, -0.15) is 5.26 Å². The van der Waals surface area contributed by atoms with Gasteiger partial charge in [0.2, 0.25) is 0 Å². The summed E-state index contributed by atoms with van der Waals surface area (Å²) >= 11 is 0. The minimum Gasteiger partial charge on any atom is -0.329 e. The lowest BCUT2D eigenvalue weighted by atomic mass is 9.99. The van der Waals surface area contributed by atoms with Crippen LogP contribution in [0.15, 0.2) is 0 Å². The van der Waals surface area contributed by atoms with Gasteiger partial charge in [0.1, 0.15) is 0 Å². The second-order valence-electron chi connectivity index (χ2n) is 3.74. The monoisotopic (exact) mass is 197 g/mol. The third kappa shape index (κ3) is 5.95. The van der Waals surface area contributed by atoms with Crippen molar-refractivity contribution in [1.29, 1.82) is 5.26 Å². The van der Waals surface area contributed by atoms with Crippen molar-refractivity contribution in [3.63, 3.8) is 0 Å². The molecule has 0 saturated carbocycles. The average molecular weight is 197 g/mol. The summed E-state index contributed by atoms with van der Waals surface area (Å²) in [6.07, 6.45) is 3.30. The van der Waals surface area contributed by atoms with Gasteiger partial charge in [0, 0.05) is 19.0 Å². The van der Waals surface area contributed by atoms with E-state index in [2.05, 4.69) is 24.8 Å². The van der Waals surface area contributed by atoms with Gasteiger partial charge in [0.05, 0.1) is 6.07 Å². The molecule has 1 rings (SSSR count). The smallest absolute Gasteiger partial charge is 0.0656 e. The van der Waals surface area contributed by atoms with Crippen LogP contribution >= 0.6 is 0 Å². The number of hydrogen-bond donors (Lipinski definition) is 1. The van der Waals surface area contributed by atoms with Crippen LogP contribution in [-0.4, -0.2) is 31.1 Å². The fourth-order valence-corrected chi connectivity index (χ4v) is 1.47. The molecule has 0 bridgehead atoms. The molecule has 0 atom stereocenters. The normalized spacial score (nSPS) is 18.1. The quantitative estimate of drug-likeness (QED) is 0.731. The lowest BCUT2D eigenvalue weighted by Gasteiger charge is -2.28. The molecule has 82 valence electrons. The van der Waals surface area contributed by atoms with E-state index < -0.39 is 0 Å². The van der Waals surface area contributed by atoms with E-state index in [0.717, 1.165) is 39.0 Å². The summed E-state index contributed by atoms with van der Waals surface area (Å²) in [6, 6.07) is 2.31. The van der Waals surface area contributed by atoms with Crippen LogP contribution in [0.3, 0.4) is 0 Å². The molecule has 0 spiro atoms. The highest BCUT2D eigenvalue weighted by Crippen LogP contribution is 2.14. The number of piperidine rings is 1. The molecular formula is C11H23N3. The molecule has 1 aliphatic heterocycles. The van der Waals surface area contributed by atoms with E-state index >= 15 is 0 Å². The molecule has 0 radical (unpaired) electrons. The first kappa shape index (κ1) is 13.4. The molecule has 3 nitrogen and oxygen atoms in total. The summed E-state index contributed by atoms with van der Waals surface area (Å²) < 4.78 is 0. The zero-order valence-electron chi connectivity index (χ0n) is 9.50. The fraction of sp³-hybridized carbons (Fsp3) is 0.909. The molecular weight excluding hydrogens is 174 g/mol. The number of nitrogens with zero attached hydrogens (tertiary/aromatic N) is 2. The number of nitriles is 1. The van der Waals surface area contributed by atoms with E-state index in [9.17, 15) is 0 Å². The predicted octanol–water partition coefficient (Wildman–Crippen LogP) is 1.60. The number of rotatable bonds is 2. The van der Waals surface area contributed by atoms with E-state index in [1.54, 1.807) is 0 Å². The number of nitrogens with two attached hydrogens (primary N) is 1. The van der Waals surface area contributed by atoms with Crippen molar-refractivity contribution in [2.75, 3.05) is 26.2 Å². The molecule has 14 heavy (non-hydrogen) atoms. The second-order valence-corrected chi connectivity index (χ2v) is 3.74. The SMILES string of the molecule is CCC.N#CC1CCN(CCN)CC1. The van der Waals surface area contributed by atoms with Crippen molar-refractivity contribution in [1.82, 2.24) is 4.90 Å². The molecule has 0 aromatic carbocycles. The zero-order valence-corrected chi connectivity index (χ0v) is 9.50. The molecule has 2 N–H and O–H groups in total. The van der Waals surface area contributed by atoms with Gasteiger partial charge >= 0.3 is 0 Å². The second kappa shape index (κ2) is 8.98. The van der Waals surface area contributed by atoms with Gasteiger partial charge in [-0.1, -0.05) is 20.3 Å². The van der Waals surface area contributed by atoms with E-state index in [1.165, 1.54) is 6.42 Å². The Balaban J connectivity index is 0.000000500. The van der Waals surface area contributed by atoms with Crippen molar-refractivity contribution >= 4 is 0 Å². The van der Waals surface area contributed by atoms with E-state index in [4.69, 9.17) is 11.0 Å². The number of hydrogen-bond acceptors (Lipinski definition) is 3. The van der Waals surface area contributed by atoms with Crippen LogP contribution in [0.1, 0.15) is 33.1 Å². The molecule has 1 fully saturated rings. The Morgan fingerprint density at radius 1 is 1.36 bits per heavy atom. The molecule has 0 unspecified atom stereocenters. The molecule has 0 aromatic rings. The summed E-state index contributed by atoms with van der Waals surface area (Å²) in [7, 11) is 0. The highest BCUT2D eigenvalue weighted by Gasteiger charge is 2.17. The molecule has 1 aliphatic rings. The maximum Gasteiger partial charge on any atom is 0.0656 e. The van der Waals surface area contributed by atoms with Crippen molar-refractivity contribution in [3.8, 4) is 6.07 Å². The third-order valence-corrected chi connectivity index (χ3v) is 2.22. The van der Waals surface area contributed by atoms with Crippen LogP contribution in [0, 0.1) is 17.2 Å². The van der Waals surface area contributed by atoms with Crippen molar-refractivity contribution in [3.05, 3.63) is 0 Å². The Morgan fingerprint density at radius 3 is 2.21 bits per heavy atom.